The number of nitrogens with one attached hydrogen (secondary N) is 1. The summed E-state index contributed by atoms with van der Waals surface area (Å²) in [7, 11) is 2.16. The van der Waals surface area contributed by atoms with E-state index in [1.165, 1.54) is 5.56 Å². The van der Waals surface area contributed by atoms with Gasteiger partial charge in [0.25, 0.3) is 0 Å². The Bertz CT molecular complexity index is 379. The van der Waals surface area contributed by atoms with E-state index in [1.807, 2.05) is 18.2 Å². The van der Waals surface area contributed by atoms with Gasteiger partial charge in [0.2, 0.25) is 0 Å². The summed E-state index contributed by atoms with van der Waals surface area (Å²) in [4.78, 5) is 2.37. The summed E-state index contributed by atoms with van der Waals surface area (Å²) in [6, 6.07) is 8.90. The van der Waals surface area contributed by atoms with Crippen molar-refractivity contribution in [1.29, 1.82) is 0 Å². The Labute approximate surface area is 123 Å². The van der Waals surface area contributed by atoms with Crippen molar-refractivity contribution in [2.24, 2.45) is 5.92 Å². The monoisotopic (exact) mass is 282 g/mol. The van der Waals surface area contributed by atoms with Crippen molar-refractivity contribution < 1.29 is 0 Å². The van der Waals surface area contributed by atoms with Crippen molar-refractivity contribution in [1.82, 2.24) is 10.2 Å². The van der Waals surface area contributed by atoms with Gasteiger partial charge in [0.15, 0.2) is 0 Å². The maximum absolute atomic E-state index is 6.27. The van der Waals surface area contributed by atoms with Crippen LogP contribution in [0.25, 0.3) is 0 Å². The number of halogens is 1. The van der Waals surface area contributed by atoms with E-state index < -0.39 is 0 Å². The normalized spacial score (nSPS) is 14.9. The van der Waals surface area contributed by atoms with Crippen LogP contribution in [0.2, 0.25) is 5.02 Å². The highest BCUT2D eigenvalue weighted by Gasteiger charge is 2.18. The van der Waals surface area contributed by atoms with Gasteiger partial charge in [-0.15, -0.1) is 0 Å². The molecule has 3 heteroatoms. The summed E-state index contributed by atoms with van der Waals surface area (Å²) in [5, 5.41) is 4.36. The molecule has 2 unspecified atom stereocenters. The first-order chi connectivity index (χ1) is 8.93. The number of hydrogen-bond donors (Lipinski definition) is 1. The van der Waals surface area contributed by atoms with Crippen LogP contribution in [-0.4, -0.2) is 31.1 Å². The summed E-state index contributed by atoms with van der Waals surface area (Å²) in [6.07, 6.45) is 0. The van der Waals surface area contributed by atoms with Crippen LogP contribution in [-0.2, 0) is 0 Å². The molecule has 0 spiro atoms. The zero-order valence-electron chi connectivity index (χ0n) is 12.8. The second-order valence-electron chi connectivity index (χ2n) is 5.76. The minimum atomic E-state index is 0.324. The van der Waals surface area contributed by atoms with Crippen LogP contribution in [0.3, 0.4) is 0 Å². The van der Waals surface area contributed by atoms with Crippen LogP contribution in [0.15, 0.2) is 24.3 Å². The van der Waals surface area contributed by atoms with Crippen molar-refractivity contribution in [2.75, 3.05) is 20.1 Å². The van der Waals surface area contributed by atoms with Crippen molar-refractivity contribution in [3.8, 4) is 0 Å². The number of benzene rings is 1. The van der Waals surface area contributed by atoms with E-state index in [0.29, 0.717) is 18.0 Å². The van der Waals surface area contributed by atoms with Gasteiger partial charge in [0, 0.05) is 23.7 Å². The maximum Gasteiger partial charge on any atom is 0.0453 e. The standard InChI is InChI=1S/C16H27ClN2/c1-12(2)10-18-11-13(3)19(5)14(4)15-8-6-7-9-16(15)17/h6-9,12-14,18H,10-11H2,1-5H3. The molecule has 1 rings (SSSR count). The Morgan fingerprint density at radius 1 is 1.11 bits per heavy atom. The smallest absolute Gasteiger partial charge is 0.0453 e. The van der Waals surface area contributed by atoms with Gasteiger partial charge in [0.1, 0.15) is 0 Å². The maximum atomic E-state index is 6.27. The fraction of sp³-hybridized carbons (Fsp3) is 0.625. The summed E-state index contributed by atoms with van der Waals surface area (Å²) >= 11 is 6.27. The number of hydrogen-bond acceptors (Lipinski definition) is 2. The highest BCUT2D eigenvalue weighted by Crippen LogP contribution is 2.27. The van der Waals surface area contributed by atoms with Crippen molar-refractivity contribution in [3.05, 3.63) is 34.9 Å². The Kier molecular flexibility index (Phi) is 6.84. The van der Waals surface area contributed by atoms with Gasteiger partial charge in [-0.3, -0.25) is 4.90 Å². The molecule has 0 radical (unpaired) electrons. The fourth-order valence-electron chi connectivity index (χ4n) is 2.14. The Balaban J connectivity index is 2.56. The topological polar surface area (TPSA) is 15.3 Å². The Hall–Kier alpha value is -0.570. The number of likely N-dealkylation sites (N-methyl/N-ethyl adjacent to an activating group) is 1. The molecule has 108 valence electrons. The molecule has 0 saturated heterocycles. The van der Waals surface area contributed by atoms with E-state index in [9.17, 15) is 0 Å². The first-order valence-corrected chi connectivity index (χ1v) is 7.48. The first kappa shape index (κ1) is 16.5. The third-order valence-corrected chi connectivity index (χ3v) is 4.00. The molecule has 0 heterocycles. The predicted molar refractivity (Wildman–Crippen MR) is 84.8 cm³/mol. The molecule has 0 bridgehead atoms. The molecule has 0 aliphatic rings. The molecular formula is C16H27ClN2. The largest absolute Gasteiger partial charge is 0.315 e. The quantitative estimate of drug-likeness (QED) is 0.814. The zero-order chi connectivity index (χ0) is 14.4. The minimum Gasteiger partial charge on any atom is -0.315 e. The molecule has 2 nitrogen and oxygen atoms in total. The summed E-state index contributed by atoms with van der Waals surface area (Å²) in [6.45, 7) is 11.0. The van der Waals surface area contributed by atoms with Crippen LogP contribution in [0.4, 0.5) is 0 Å². The molecule has 1 N–H and O–H groups in total. The molecule has 2 atom stereocenters. The summed E-state index contributed by atoms with van der Waals surface area (Å²) in [5.74, 6) is 0.693. The molecule has 1 aromatic rings. The van der Waals surface area contributed by atoms with Crippen LogP contribution >= 0.6 is 11.6 Å². The van der Waals surface area contributed by atoms with Crippen LogP contribution in [0, 0.1) is 5.92 Å². The van der Waals surface area contributed by atoms with Gasteiger partial charge >= 0.3 is 0 Å². The SMILES string of the molecule is CC(C)CNCC(C)N(C)C(C)c1ccccc1Cl. The number of rotatable bonds is 7. The molecule has 0 aliphatic carbocycles. The molecule has 1 aromatic carbocycles. The van der Waals surface area contributed by atoms with E-state index in [4.69, 9.17) is 11.6 Å². The second-order valence-corrected chi connectivity index (χ2v) is 6.17. The molecule has 0 aliphatic heterocycles. The van der Waals surface area contributed by atoms with E-state index >= 15 is 0 Å². The van der Waals surface area contributed by atoms with Crippen LogP contribution in [0.5, 0.6) is 0 Å². The van der Waals surface area contributed by atoms with E-state index in [1.54, 1.807) is 0 Å². The minimum absolute atomic E-state index is 0.324. The average Bonchev–Trinajstić information content (AvgIpc) is 2.37. The predicted octanol–water partition coefficient (Wildman–Crippen LogP) is 3.97. The van der Waals surface area contributed by atoms with Crippen molar-refractivity contribution in [2.45, 2.75) is 39.8 Å². The van der Waals surface area contributed by atoms with E-state index in [-0.39, 0.29) is 0 Å². The van der Waals surface area contributed by atoms with Gasteiger partial charge in [0.05, 0.1) is 0 Å². The third kappa shape index (κ3) is 5.13. The first-order valence-electron chi connectivity index (χ1n) is 7.10. The average molecular weight is 283 g/mol. The van der Waals surface area contributed by atoms with Crippen molar-refractivity contribution >= 4 is 11.6 Å². The molecule has 19 heavy (non-hydrogen) atoms. The Morgan fingerprint density at radius 3 is 2.32 bits per heavy atom. The molecular weight excluding hydrogens is 256 g/mol. The molecule has 0 aromatic heterocycles. The zero-order valence-corrected chi connectivity index (χ0v) is 13.5. The lowest BCUT2D eigenvalue weighted by molar-refractivity contribution is 0.192. The number of nitrogens with zero attached hydrogens (tertiary/aromatic N) is 1. The van der Waals surface area contributed by atoms with Gasteiger partial charge in [-0.25, -0.2) is 0 Å². The van der Waals surface area contributed by atoms with Crippen LogP contribution < -0.4 is 5.32 Å². The van der Waals surface area contributed by atoms with E-state index in [0.717, 1.165) is 18.1 Å². The second kappa shape index (κ2) is 7.88. The Morgan fingerprint density at radius 2 is 1.74 bits per heavy atom. The summed E-state index contributed by atoms with van der Waals surface area (Å²) < 4.78 is 0. The molecule has 0 amide bonds. The lowest BCUT2D eigenvalue weighted by atomic mass is 10.1. The van der Waals surface area contributed by atoms with Gasteiger partial charge in [-0.05, 0) is 45.0 Å². The van der Waals surface area contributed by atoms with Gasteiger partial charge < -0.3 is 5.32 Å². The fourth-order valence-corrected chi connectivity index (χ4v) is 2.43. The van der Waals surface area contributed by atoms with Gasteiger partial charge in [-0.2, -0.15) is 0 Å². The highest BCUT2D eigenvalue weighted by molar-refractivity contribution is 6.31. The lowest BCUT2D eigenvalue weighted by Gasteiger charge is -2.32. The molecule has 0 fully saturated rings. The van der Waals surface area contributed by atoms with E-state index in [2.05, 4.69) is 51.0 Å². The highest BCUT2D eigenvalue weighted by atomic mass is 35.5. The van der Waals surface area contributed by atoms with Gasteiger partial charge in [-0.1, -0.05) is 43.6 Å². The van der Waals surface area contributed by atoms with Crippen LogP contribution in [0.1, 0.15) is 39.3 Å². The lowest BCUT2D eigenvalue weighted by Crippen LogP contribution is -2.40. The van der Waals surface area contributed by atoms with Crippen molar-refractivity contribution in [3.63, 3.8) is 0 Å². The summed E-state index contributed by atoms with van der Waals surface area (Å²) in [5.41, 5.74) is 1.20. The molecule has 0 saturated carbocycles. The third-order valence-electron chi connectivity index (χ3n) is 3.65.